The lowest BCUT2D eigenvalue weighted by Gasteiger charge is -2.10. The number of halogens is 1. The van der Waals surface area contributed by atoms with Crippen LogP contribution in [0.1, 0.15) is 29.4 Å². The van der Waals surface area contributed by atoms with Crippen molar-refractivity contribution in [1.29, 1.82) is 0 Å². The third-order valence-electron chi connectivity index (χ3n) is 3.76. The highest BCUT2D eigenvalue weighted by molar-refractivity contribution is 6.31. The minimum Gasteiger partial charge on any atom is -0.330 e. The summed E-state index contributed by atoms with van der Waals surface area (Å²) in [6.45, 7) is 7.77. The van der Waals surface area contributed by atoms with Crippen molar-refractivity contribution in [2.24, 2.45) is 11.7 Å². The minimum absolute atomic E-state index is 0.477. The Balaban J connectivity index is 2.26. The summed E-state index contributed by atoms with van der Waals surface area (Å²) in [4.78, 5) is 0. The van der Waals surface area contributed by atoms with Crippen molar-refractivity contribution >= 4 is 11.6 Å². The van der Waals surface area contributed by atoms with Crippen LogP contribution in [0.4, 0.5) is 0 Å². The molecule has 0 fully saturated rings. The van der Waals surface area contributed by atoms with E-state index in [0.717, 1.165) is 22.7 Å². The molecule has 0 radical (unpaired) electrons. The molecule has 2 N–H and O–H groups in total. The maximum Gasteiger partial charge on any atom is 0.0677 e. The number of hydrogen-bond acceptors (Lipinski definition) is 2. The van der Waals surface area contributed by atoms with Crippen LogP contribution < -0.4 is 5.73 Å². The van der Waals surface area contributed by atoms with Crippen LogP contribution in [0.5, 0.6) is 0 Å². The van der Waals surface area contributed by atoms with E-state index < -0.39 is 0 Å². The highest BCUT2D eigenvalue weighted by Crippen LogP contribution is 2.21. The highest BCUT2D eigenvalue weighted by Gasteiger charge is 2.14. The number of nitrogens with two attached hydrogens (primary N) is 1. The van der Waals surface area contributed by atoms with Crippen molar-refractivity contribution in [3.63, 3.8) is 0 Å². The quantitative estimate of drug-likeness (QED) is 0.918. The lowest BCUT2D eigenvalue weighted by atomic mass is 10.00. The molecular formula is C16H22ClN3. The average Bonchev–Trinajstić information content (AvgIpc) is 2.69. The molecule has 0 saturated heterocycles. The summed E-state index contributed by atoms with van der Waals surface area (Å²) in [7, 11) is 0. The summed E-state index contributed by atoms with van der Waals surface area (Å²) >= 11 is 6.22. The fourth-order valence-electron chi connectivity index (χ4n) is 2.40. The molecule has 0 aliphatic heterocycles. The molecule has 1 aromatic carbocycles. The van der Waals surface area contributed by atoms with Gasteiger partial charge in [-0.1, -0.05) is 36.7 Å². The van der Waals surface area contributed by atoms with Crippen molar-refractivity contribution in [1.82, 2.24) is 9.78 Å². The number of aryl methyl sites for hydroxylation is 1. The maximum absolute atomic E-state index is 6.22. The lowest BCUT2D eigenvalue weighted by Crippen LogP contribution is -2.14. The first-order valence-corrected chi connectivity index (χ1v) is 7.37. The molecular weight excluding hydrogens is 270 g/mol. The molecule has 0 saturated carbocycles. The molecule has 0 aliphatic carbocycles. The van der Waals surface area contributed by atoms with E-state index in [1.807, 2.05) is 28.9 Å². The van der Waals surface area contributed by atoms with Gasteiger partial charge in [-0.2, -0.15) is 5.10 Å². The summed E-state index contributed by atoms with van der Waals surface area (Å²) in [5.74, 6) is 0.477. The molecule has 1 unspecified atom stereocenters. The van der Waals surface area contributed by atoms with Crippen LogP contribution in [-0.2, 0) is 13.0 Å². The second kappa shape index (κ2) is 6.42. The summed E-state index contributed by atoms with van der Waals surface area (Å²) in [5, 5.41) is 5.44. The Kier molecular flexibility index (Phi) is 4.84. The normalized spacial score (nSPS) is 12.7. The van der Waals surface area contributed by atoms with Gasteiger partial charge in [0.05, 0.1) is 12.2 Å². The van der Waals surface area contributed by atoms with Crippen LogP contribution in [0.3, 0.4) is 0 Å². The number of aromatic nitrogens is 2. The SMILES string of the molecule is Cc1nn(Cc2ccccc2Cl)c(C)c1CC(C)CN. The molecule has 4 heteroatoms. The van der Waals surface area contributed by atoms with Gasteiger partial charge in [-0.3, -0.25) is 4.68 Å². The maximum atomic E-state index is 6.22. The van der Waals surface area contributed by atoms with Crippen LogP contribution in [0, 0.1) is 19.8 Å². The minimum atomic E-state index is 0.477. The van der Waals surface area contributed by atoms with Gasteiger partial charge in [0, 0.05) is 10.7 Å². The molecule has 0 bridgehead atoms. The first-order valence-electron chi connectivity index (χ1n) is 6.99. The Hall–Kier alpha value is -1.32. The van der Waals surface area contributed by atoms with Gasteiger partial charge in [0.1, 0.15) is 0 Å². The van der Waals surface area contributed by atoms with Gasteiger partial charge >= 0.3 is 0 Å². The highest BCUT2D eigenvalue weighted by atomic mass is 35.5. The Morgan fingerprint density at radius 3 is 2.65 bits per heavy atom. The first kappa shape index (κ1) is 15.1. The zero-order valence-corrected chi connectivity index (χ0v) is 13.1. The lowest BCUT2D eigenvalue weighted by molar-refractivity contribution is 0.587. The van der Waals surface area contributed by atoms with Crippen molar-refractivity contribution in [3.05, 3.63) is 51.8 Å². The summed E-state index contributed by atoms with van der Waals surface area (Å²) < 4.78 is 2.04. The van der Waals surface area contributed by atoms with Gasteiger partial charge in [-0.25, -0.2) is 0 Å². The zero-order valence-electron chi connectivity index (χ0n) is 12.4. The molecule has 108 valence electrons. The molecule has 2 rings (SSSR count). The Bertz CT molecular complexity index is 589. The van der Waals surface area contributed by atoms with Gasteiger partial charge in [0.15, 0.2) is 0 Å². The Morgan fingerprint density at radius 1 is 1.30 bits per heavy atom. The molecule has 20 heavy (non-hydrogen) atoms. The van der Waals surface area contributed by atoms with Gasteiger partial charge in [0.25, 0.3) is 0 Å². The van der Waals surface area contributed by atoms with Crippen LogP contribution in [0.15, 0.2) is 24.3 Å². The van der Waals surface area contributed by atoms with Crippen molar-refractivity contribution < 1.29 is 0 Å². The van der Waals surface area contributed by atoms with Crippen LogP contribution in [0.25, 0.3) is 0 Å². The third-order valence-corrected chi connectivity index (χ3v) is 4.13. The van der Waals surface area contributed by atoms with Crippen molar-refractivity contribution in [2.45, 2.75) is 33.7 Å². The van der Waals surface area contributed by atoms with E-state index in [2.05, 4.69) is 25.9 Å². The van der Waals surface area contributed by atoms with E-state index in [4.69, 9.17) is 17.3 Å². The molecule has 0 amide bonds. The topological polar surface area (TPSA) is 43.8 Å². The van der Waals surface area contributed by atoms with E-state index in [-0.39, 0.29) is 0 Å². The molecule has 1 aromatic heterocycles. The number of benzene rings is 1. The van der Waals surface area contributed by atoms with E-state index in [1.54, 1.807) is 0 Å². The predicted octanol–water partition coefficient (Wildman–Crippen LogP) is 3.34. The predicted molar refractivity (Wildman–Crippen MR) is 84.2 cm³/mol. The molecule has 1 heterocycles. The molecule has 0 spiro atoms. The molecule has 0 aliphatic rings. The van der Waals surface area contributed by atoms with Crippen LogP contribution >= 0.6 is 11.6 Å². The average molecular weight is 292 g/mol. The second-order valence-corrected chi connectivity index (χ2v) is 5.85. The fraction of sp³-hybridized carbons (Fsp3) is 0.438. The summed E-state index contributed by atoms with van der Waals surface area (Å²) in [5.41, 5.74) is 10.4. The van der Waals surface area contributed by atoms with E-state index >= 15 is 0 Å². The van der Waals surface area contributed by atoms with Crippen molar-refractivity contribution in [3.8, 4) is 0 Å². The van der Waals surface area contributed by atoms with Gasteiger partial charge in [0.2, 0.25) is 0 Å². The van der Waals surface area contributed by atoms with Gasteiger partial charge in [-0.05, 0) is 49.9 Å². The van der Waals surface area contributed by atoms with Crippen LogP contribution in [-0.4, -0.2) is 16.3 Å². The third kappa shape index (κ3) is 3.22. The number of rotatable bonds is 5. The Morgan fingerprint density at radius 2 is 2.00 bits per heavy atom. The molecule has 2 aromatic rings. The van der Waals surface area contributed by atoms with E-state index in [1.165, 1.54) is 11.3 Å². The van der Waals surface area contributed by atoms with E-state index in [0.29, 0.717) is 19.0 Å². The smallest absolute Gasteiger partial charge is 0.0677 e. The summed E-state index contributed by atoms with van der Waals surface area (Å²) in [6, 6.07) is 7.91. The van der Waals surface area contributed by atoms with E-state index in [9.17, 15) is 0 Å². The zero-order chi connectivity index (χ0) is 14.7. The number of hydrogen-bond donors (Lipinski definition) is 1. The van der Waals surface area contributed by atoms with Crippen molar-refractivity contribution in [2.75, 3.05) is 6.54 Å². The van der Waals surface area contributed by atoms with Gasteiger partial charge < -0.3 is 5.73 Å². The van der Waals surface area contributed by atoms with Gasteiger partial charge in [-0.15, -0.1) is 0 Å². The molecule has 1 atom stereocenters. The standard InChI is InChI=1S/C16H22ClN3/c1-11(9-18)8-15-12(2)19-20(13(15)3)10-14-6-4-5-7-16(14)17/h4-7,11H,8-10,18H2,1-3H3. The second-order valence-electron chi connectivity index (χ2n) is 5.44. The molecule has 3 nitrogen and oxygen atoms in total. The monoisotopic (exact) mass is 291 g/mol. The number of nitrogens with zero attached hydrogens (tertiary/aromatic N) is 2. The Labute approximate surface area is 125 Å². The largest absolute Gasteiger partial charge is 0.330 e. The summed E-state index contributed by atoms with van der Waals surface area (Å²) in [6.07, 6.45) is 0.983. The van der Waals surface area contributed by atoms with Crippen LogP contribution in [0.2, 0.25) is 5.02 Å². The first-order chi connectivity index (χ1) is 9.52. The fourth-order valence-corrected chi connectivity index (χ4v) is 2.60.